The van der Waals surface area contributed by atoms with Gasteiger partial charge >= 0.3 is 0 Å². The van der Waals surface area contributed by atoms with E-state index in [0.29, 0.717) is 16.3 Å². The number of anilines is 1. The molecule has 1 N–H and O–H groups in total. The quantitative estimate of drug-likeness (QED) is 0.406. The zero-order valence-corrected chi connectivity index (χ0v) is 20.8. The van der Waals surface area contributed by atoms with Crippen LogP contribution in [0.15, 0.2) is 52.2 Å². The molecule has 0 radical (unpaired) electrons. The molecule has 1 fully saturated rings. The number of halogens is 3. The lowest BCUT2D eigenvalue weighted by atomic mass is 10.0. The number of ether oxygens (including phenoxy) is 1. The summed E-state index contributed by atoms with van der Waals surface area (Å²) in [6, 6.07) is 8.88. The molecule has 1 aliphatic rings. The van der Waals surface area contributed by atoms with E-state index in [1.54, 1.807) is 29.1 Å². The van der Waals surface area contributed by atoms with E-state index in [-0.39, 0.29) is 33.7 Å². The molecule has 0 bridgehead atoms. The minimum Gasteiger partial charge on any atom is -0.489 e. The highest BCUT2D eigenvalue weighted by molar-refractivity contribution is 7.92. The van der Waals surface area contributed by atoms with Crippen molar-refractivity contribution in [2.45, 2.75) is 36.8 Å². The third-order valence-electron chi connectivity index (χ3n) is 5.61. The second kappa shape index (κ2) is 10.1. The number of aromatic nitrogens is 1. The van der Waals surface area contributed by atoms with Crippen LogP contribution in [0.25, 0.3) is 0 Å². The number of benzene rings is 2. The minimum absolute atomic E-state index is 0.0278. The molecular formula is C22H22Cl2FN3O3S2. The monoisotopic (exact) mass is 529 g/mol. The van der Waals surface area contributed by atoms with Gasteiger partial charge in [-0.25, -0.2) is 17.8 Å². The van der Waals surface area contributed by atoms with Crippen LogP contribution in [0.1, 0.15) is 31.4 Å². The Morgan fingerprint density at radius 1 is 1.21 bits per heavy atom. The second-order valence-electron chi connectivity index (χ2n) is 7.77. The summed E-state index contributed by atoms with van der Waals surface area (Å²) >= 11 is 13.7. The zero-order valence-electron chi connectivity index (χ0n) is 17.7. The van der Waals surface area contributed by atoms with Crippen LogP contribution >= 0.6 is 34.5 Å². The lowest BCUT2D eigenvalue weighted by Crippen LogP contribution is -2.39. The molecule has 33 heavy (non-hydrogen) atoms. The van der Waals surface area contributed by atoms with Crippen LogP contribution in [-0.4, -0.2) is 37.5 Å². The van der Waals surface area contributed by atoms with Crippen molar-refractivity contribution in [2.75, 3.05) is 17.8 Å². The van der Waals surface area contributed by atoms with Gasteiger partial charge < -0.3 is 4.74 Å². The zero-order chi connectivity index (χ0) is 23.6. The van der Waals surface area contributed by atoms with E-state index < -0.39 is 10.0 Å². The van der Waals surface area contributed by atoms with Crippen molar-refractivity contribution in [3.63, 3.8) is 0 Å². The fraction of sp³-hybridized carbons (Fsp3) is 0.318. The van der Waals surface area contributed by atoms with Crippen LogP contribution in [0.4, 0.5) is 10.2 Å². The Hall–Kier alpha value is -1.91. The van der Waals surface area contributed by atoms with Crippen molar-refractivity contribution in [1.29, 1.82) is 0 Å². The fourth-order valence-corrected chi connectivity index (χ4v) is 5.85. The predicted octanol–water partition coefficient (Wildman–Crippen LogP) is 5.99. The molecule has 1 aromatic heterocycles. The summed E-state index contributed by atoms with van der Waals surface area (Å²) in [6.07, 6.45) is 1.38. The maximum Gasteiger partial charge on any atom is 0.263 e. The molecule has 0 aliphatic carbocycles. The first-order chi connectivity index (χ1) is 15.7. The van der Waals surface area contributed by atoms with Gasteiger partial charge in [-0.05, 0) is 56.2 Å². The number of nitrogens with zero attached hydrogens (tertiary/aromatic N) is 2. The molecule has 6 nitrogen and oxygen atoms in total. The molecule has 176 valence electrons. The molecule has 1 atom stereocenters. The largest absolute Gasteiger partial charge is 0.489 e. The lowest BCUT2D eigenvalue weighted by Gasteiger charge is -2.36. The first kappa shape index (κ1) is 24.2. The third kappa shape index (κ3) is 5.78. The summed E-state index contributed by atoms with van der Waals surface area (Å²) in [6.45, 7) is 3.41. The molecular weight excluding hydrogens is 508 g/mol. The van der Waals surface area contributed by atoms with Gasteiger partial charge in [0.25, 0.3) is 10.0 Å². The van der Waals surface area contributed by atoms with Gasteiger partial charge in [0, 0.05) is 35.1 Å². The number of nitrogens with one attached hydrogen (secondary N) is 1. The van der Waals surface area contributed by atoms with Gasteiger partial charge in [0.15, 0.2) is 5.82 Å². The first-order valence-corrected chi connectivity index (χ1v) is 13.5. The van der Waals surface area contributed by atoms with E-state index >= 15 is 0 Å². The highest BCUT2D eigenvalue weighted by Gasteiger charge is 2.27. The number of hydrogen-bond donors (Lipinski definition) is 1. The summed E-state index contributed by atoms with van der Waals surface area (Å²) in [7, 11) is -3.80. The number of likely N-dealkylation sites (tertiary alicyclic amines) is 1. The van der Waals surface area contributed by atoms with E-state index in [2.05, 4.69) is 14.6 Å². The van der Waals surface area contributed by atoms with Crippen molar-refractivity contribution < 1.29 is 17.5 Å². The van der Waals surface area contributed by atoms with Crippen molar-refractivity contribution in [3.05, 3.63) is 68.7 Å². The number of piperidine rings is 1. The maximum atomic E-state index is 14.2. The van der Waals surface area contributed by atoms with E-state index in [4.69, 9.17) is 27.9 Å². The molecule has 1 unspecified atom stereocenters. The van der Waals surface area contributed by atoms with Gasteiger partial charge in [-0.3, -0.25) is 9.62 Å². The van der Waals surface area contributed by atoms with E-state index in [1.807, 2.05) is 6.92 Å². The molecule has 1 saturated heterocycles. The minimum atomic E-state index is -3.80. The fourth-order valence-electron chi connectivity index (χ4n) is 3.80. The number of sulfonamides is 1. The van der Waals surface area contributed by atoms with Crippen LogP contribution in [0.2, 0.25) is 10.0 Å². The van der Waals surface area contributed by atoms with E-state index in [1.165, 1.54) is 29.5 Å². The molecule has 2 aromatic carbocycles. The molecule has 1 aliphatic heterocycles. The number of thiazole rings is 1. The van der Waals surface area contributed by atoms with E-state index in [0.717, 1.165) is 25.9 Å². The van der Waals surface area contributed by atoms with Crippen LogP contribution in [0.5, 0.6) is 5.75 Å². The second-order valence-corrected chi connectivity index (χ2v) is 11.0. The van der Waals surface area contributed by atoms with Gasteiger partial charge in [0.2, 0.25) is 0 Å². The van der Waals surface area contributed by atoms with Gasteiger partial charge in [0.05, 0.1) is 15.4 Å². The SMILES string of the molecule is CC(c1cc(Cl)ccc1F)N1CCC(Oc2ccc(S(=O)(=O)Nc3cscn3)cc2Cl)CC1. The summed E-state index contributed by atoms with van der Waals surface area (Å²) in [4.78, 5) is 6.15. The standard InChI is InChI=1S/C22H22Cl2FN3O3S2/c1-14(18-10-15(23)2-4-20(18)25)28-8-6-16(7-9-28)31-21-5-3-17(11-19(21)24)33(29,30)27-22-12-32-13-26-22/h2-5,10-14,16,27H,6-9H2,1H3. The summed E-state index contributed by atoms with van der Waals surface area (Å²) < 4.78 is 47.8. The molecule has 4 rings (SSSR count). The highest BCUT2D eigenvalue weighted by atomic mass is 35.5. The number of hydrogen-bond acceptors (Lipinski definition) is 6. The smallest absolute Gasteiger partial charge is 0.263 e. The van der Waals surface area contributed by atoms with Gasteiger partial charge in [-0.2, -0.15) is 0 Å². The highest BCUT2D eigenvalue weighted by Crippen LogP contribution is 2.32. The Morgan fingerprint density at radius 3 is 2.64 bits per heavy atom. The van der Waals surface area contributed by atoms with Crippen LogP contribution < -0.4 is 9.46 Å². The van der Waals surface area contributed by atoms with Crippen molar-refractivity contribution in [3.8, 4) is 5.75 Å². The topological polar surface area (TPSA) is 71.5 Å². The average molecular weight is 530 g/mol. The van der Waals surface area contributed by atoms with Crippen LogP contribution in [-0.2, 0) is 10.0 Å². The Labute approximate surface area is 206 Å². The summed E-state index contributed by atoms with van der Waals surface area (Å²) in [5.41, 5.74) is 2.12. The third-order valence-corrected chi connectivity index (χ3v) is 8.08. The molecule has 3 aromatic rings. The summed E-state index contributed by atoms with van der Waals surface area (Å²) in [5, 5.41) is 2.33. The van der Waals surface area contributed by atoms with Gasteiger partial charge in [0.1, 0.15) is 17.7 Å². The molecule has 0 amide bonds. The Morgan fingerprint density at radius 2 is 1.97 bits per heavy atom. The molecule has 2 heterocycles. The number of rotatable bonds is 7. The Kier molecular flexibility index (Phi) is 7.45. The molecule has 0 spiro atoms. The molecule has 0 saturated carbocycles. The van der Waals surface area contributed by atoms with E-state index in [9.17, 15) is 12.8 Å². The van der Waals surface area contributed by atoms with Crippen molar-refractivity contribution >= 4 is 50.4 Å². The average Bonchev–Trinajstić information content (AvgIpc) is 3.29. The van der Waals surface area contributed by atoms with Crippen molar-refractivity contribution in [2.24, 2.45) is 0 Å². The predicted molar refractivity (Wildman–Crippen MR) is 129 cm³/mol. The van der Waals surface area contributed by atoms with Gasteiger partial charge in [-0.15, -0.1) is 11.3 Å². The molecule has 11 heteroatoms. The van der Waals surface area contributed by atoms with Crippen LogP contribution in [0, 0.1) is 5.82 Å². The van der Waals surface area contributed by atoms with Gasteiger partial charge in [-0.1, -0.05) is 23.2 Å². The van der Waals surface area contributed by atoms with Crippen molar-refractivity contribution in [1.82, 2.24) is 9.88 Å². The normalized spacial score (nSPS) is 16.5. The summed E-state index contributed by atoms with van der Waals surface area (Å²) in [5.74, 6) is 0.420. The van der Waals surface area contributed by atoms with Crippen LogP contribution in [0.3, 0.4) is 0 Å². The first-order valence-electron chi connectivity index (χ1n) is 10.3. The lowest BCUT2D eigenvalue weighted by molar-refractivity contribution is 0.0788. The Bertz CT molecular complexity index is 1220. The maximum absolute atomic E-state index is 14.2. The Balaban J connectivity index is 1.37.